The zero-order chi connectivity index (χ0) is 24.6. The lowest BCUT2D eigenvalue weighted by molar-refractivity contribution is -0.234. The normalized spacial score (nSPS) is 14.6. The summed E-state index contributed by atoms with van der Waals surface area (Å²) in [5.74, 6) is 0.316. The summed E-state index contributed by atoms with van der Waals surface area (Å²) in [6.45, 7) is 3.15. The van der Waals surface area contributed by atoms with E-state index in [-0.39, 0.29) is 16.5 Å². The molecule has 1 heterocycles. The largest absolute Gasteiger partial charge is 0.495 e. The molecule has 2 aromatic carbocycles. The Morgan fingerprint density at radius 3 is 2.55 bits per heavy atom. The number of aryl methyl sites for hydroxylation is 1. The molecule has 1 atom stereocenters. The average molecular weight is 482 g/mol. The van der Waals surface area contributed by atoms with E-state index in [9.17, 15) is 23.1 Å². The minimum absolute atomic E-state index is 0.0892. The SMILES string of the molecule is COc1cc(C(C)(C)CC(O)(C=Nc2cccc3c(=O)n(C)ncc23)C(F)(F)F)ccc1Cl. The molecule has 6 nitrogen and oxygen atoms in total. The molecule has 3 aromatic rings. The zero-order valence-corrected chi connectivity index (χ0v) is 19.2. The third kappa shape index (κ3) is 4.89. The molecule has 0 aliphatic rings. The third-order valence-corrected chi connectivity index (χ3v) is 5.83. The van der Waals surface area contributed by atoms with Gasteiger partial charge in [-0.2, -0.15) is 18.3 Å². The van der Waals surface area contributed by atoms with Gasteiger partial charge in [-0.25, -0.2) is 4.68 Å². The number of aromatic nitrogens is 2. The van der Waals surface area contributed by atoms with Gasteiger partial charge in [-0.3, -0.25) is 9.79 Å². The molecule has 0 amide bonds. The summed E-state index contributed by atoms with van der Waals surface area (Å²) in [5.41, 5.74) is -4.21. The number of alkyl halides is 3. The summed E-state index contributed by atoms with van der Waals surface area (Å²) in [5, 5.41) is 15.5. The van der Waals surface area contributed by atoms with Crippen LogP contribution in [0.5, 0.6) is 5.75 Å². The number of methoxy groups -OCH3 is 1. The van der Waals surface area contributed by atoms with Crippen molar-refractivity contribution in [3.63, 3.8) is 0 Å². The van der Waals surface area contributed by atoms with E-state index >= 15 is 0 Å². The van der Waals surface area contributed by atoms with Crippen LogP contribution >= 0.6 is 11.6 Å². The number of aliphatic hydroxyl groups is 1. The van der Waals surface area contributed by atoms with Crippen molar-refractivity contribution in [2.24, 2.45) is 12.0 Å². The minimum Gasteiger partial charge on any atom is -0.495 e. The first-order chi connectivity index (χ1) is 15.3. The first-order valence-corrected chi connectivity index (χ1v) is 10.3. The Morgan fingerprint density at radius 1 is 1.21 bits per heavy atom. The lowest BCUT2D eigenvalue weighted by Gasteiger charge is -2.35. The Kier molecular flexibility index (Phi) is 6.59. The van der Waals surface area contributed by atoms with Crippen molar-refractivity contribution in [1.82, 2.24) is 9.78 Å². The monoisotopic (exact) mass is 481 g/mol. The van der Waals surface area contributed by atoms with E-state index in [0.29, 0.717) is 22.6 Å². The average Bonchev–Trinajstić information content (AvgIpc) is 2.74. The van der Waals surface area contributed by atoms with Crippen LogP contribution in [0.25, 0.3) is 10.8 Å². The molecule has 0 saturated heterocycles. The molecule has 1 N–H and O–H groups in total. The quantitative estimate of drug-likeness (QED) is 0.505. The van der Waals surface area contributed by atoms with Gasteiger partial charge in [-0.15, -0.1) is 0 Å². The van der Waals surface area contributed by atoms with E-state index in [1.807, 2.05) is 0 Å². The fourth-order valence-corrected chi connectivity index (χ4v) is 3.81. The summed E-state index contributed by atoms with van der Waals surface area (Å²) in [6.07, 6.45) is -3.90. The van der Waals surface area contributed by atoms with Gasteiger partial charge in [-0.1, -0.05) is 37.6 Å². The summed E-state index contributed by atoms with van der Waals surface area (Å²) < 4.78 is 48.4. The fourth-order valence-electron chi connectivity index (χ4n) is 3.61. The molecule has 0 saturated carbocycles. The van der Waals surface area contributed by atoms with Gasteiger partial charge in [0.25, 0.3) is 5.56 Å². The van der Waals surface area contributed by atoms with Gasteiger partial charge >= 0.3 is 6.18 Å². The van der Waals surface area contributed by atoms with Gasteiger partial charge < -0.3 is 9.84 Å². The molecule has 0 fully saturated rings. The maximum Gasteiger partial charge on any atom is 0.422 e. The maximum absolute atomic E-state index is 14.0. The topological polar surface area (TPSA) is 76.7 Å². The number of ether oxygens (including phenoxy) is 1. The summed E-state index contributed by atoms with van der Waals surface area (Å²) >= 11 is 6.03. The van der Waals surface area contributed by atoms with Gasteiger partial charge in [0, 0.05) is 18.6 Å². The molecule has 10 heteroatoms. The van der Waals surface area contributed by atoms with E-state index in [1.54, 1.807) is 26.0 Å². The van der Waals surface area contributed by atoms with Crippen LogP contribution in [-0.2, 0) is 12.5 Å². The first-order valence-electron chi connectivity index (χ1n) is 9.92. The number of halogens is 4. The van der Waals surface area contributed by atoms with E-state index in [0.717, 1.165) is 4.68 Å². The van der Waals surface area contributed by atoms with Crippen molar-refractivity contribution in [1.29, 1.82) is 0 Å². The van der Waals surface area contributed by atoms with Gasteiger partial charge in [0.1, 0.15) is 5.75 Å². The highest BCUT2D eigenvalue weighted by molar-refractivity contribution is 6.32. The predicted molar refractivity (Wildman–Crippen MR) is 122 cm³/mol. The lowest BCUT2D eigenvalue weighted by Crippen LogP contribution is -2.50. The minimum atomic E-state index is -5.01. The van der Waals surface area contributed by atoms with Crippen molar-refractivity contribution in [2.75, 3.05) is 7.11 Å². The Balaban J connectivity index is 2.04. The second-order valence-corrected chi connectivity index (χ2v) is 8.81. The molecule has 3 rings (SSSR count). The number of rotatable bonds is 6. The zero-order valence-electron chi connectivity index (χ0n) is 18.4. The number of benzene rings is 2. The second-order valence-electron chi connectivity index (χ2n) is 8.40. The van der Waals surface area contributed by atoms with Crippen LogP contribution in [0.2, 0.25) is 5.02 Å². The number of aliphatic imine (C=N–C) groups is 1. The molecule has 0 radical (unpaired) electrons. The maximum atomic E-state index is 14.0. The highest BCUT2D eigenvalue weighted by Gasteiger charge is 2.55. The van der Waals surface area contributed by atoms with E-state index in [4.69, 9.17) is 16.3 Å². The fraction of sp³-hybridized carbons (Fsp3) is 0.348. The number of hydrogen-bond acceptors (Lipinski definition) is 5. The third-order valence-electron chi connectivity index (χ3n) is 5.52. The summed E-state index contributed by atoms with van der Waals surface area (Å²) in [7, 11) is 2.87. The Bertz CT molecular complexity index is 1270. The number of fused-ring (bicyclic) bond motifs is 1. The smallest absolute Gasteiger partial charge is 0.422 e. The van der Waals surface area contributed by atoms with Crippen LogP contribution < -0.4 is 10.3 Å². The van der Waals surface area contributed by atoms with Gasteiger partial charge in [0.15, 0.2) is 5.60 Å². The van der Waals surface area contributed by atoms with Crippen molar-refractivity contribution >= 4 is 34.3 Å². The van der Waals surface area contributed by atoms with Crippen LogP contribution in [0.15, 0.2) is 52.4 Å². The van der Waals surface area contributed by atoms with Crippen molar-refractivity contribution in [2.45, 2.75) is 37.5 Å². The standard InChI is InChI=1S/C23H23ClF3N3O3/c1-21(2,14-8-9-17(24)19(10-14)33-4)12-22(32,23(25,26)27)13-28-18-7-5-6-15-16(18)11-29-30(3)20(15)31/h5-11,13,32H,12H2,1-4H3. The van der Waals surface area contributed by atoms with Crippen LogP contribution in [0, 0.1) is 0 Å². The van der Waals surface area contributed by atoms with Crippen molar-refractivity contribution < 1.29 is 23.0 Å². The predicted octanol–water partition coefficient (Wildman–Crippen LogP) is 4.96. The van der Waals surface area contributed by atoms with Crippen LogP contribution in [0.1, 0.15) is 25.8 Å². The molecule has 1 aromatic heterocycles. The Morgan fingerprint density at radius 2 is 1.91 bits per heavy atom. The molecule has 0 aliphatic carbocycles. The van der Waals surface area contributed by atoms with E-state index in [1.165, 1.54) is 44.6 Å². The van der Waals surface area contributed by atoms with Gasteiger partial charge in [0.05, 0.1) is 29.4 Å². The summed E-state index contributed by atoms with van der Waals surface area (Å²) in [6, 6.07) is 9.15. The molecule has 176 valence electrons. The molecule has 0 spiro atoms. The van der Waals surface area contributed by atoms with Gasteiger partial charge in [-0.05, 0) is 41.7 Å². The summed E-state index contributed by atoms with van der Waals surface area (Å²) in [4.78, 5) is 16.2. The molecule has 0 bridgehead atoms. The van der Waals surface area contributed by atoms with Crippen LogP contribution in [0.4, 0.5) is 18.9 Å². The van der Waals surface area contributed by atoms with E-state index in [2.05, 4.69) is 10.1 Å². The highest BCUT2D eigenvalue weighted by atomic mass is 35.5. The van der Waals surface area contributed by atoms with E-state index < -0.39 is 29.2 Å². The Hall–Kier alpha value is -2.91. The van der Waals surface area contributed by atoms with Crippen molar-refractivity contribution in [3.8, 4) is 5.75 Å². The molecule has 33 heavy (non-hydrogen) atoms. The van der Waals surface area contributed by atoms with Gasteiger partial charge in [0.2, 0.25) is 0 Å². The molecular weight excluding hydrogens is 459 g/mol. The van der Waals surface area contributed by atoms with Crippen molar-refractivity contribution in [3.05, 3.63) is 63.5 Å². The molecular formula is C23H23ClF3N3O3. The van der Waals surface area contributed by atoms with Crippen LogP contribution in [-0.4, -0.2) is 40.0 Å². The second kappa shape index (κ2) is 8.79. The highest BCUT2D eigenvalue weighted by Crippen LogP contribution is 2.42. The first kappa shape index (κ1) is 24.7. The van der Waals surface area contributed by atoms with Crippen LogP contribution in [0.3, 0.4) is 0 Å². The molecule has 0 aliphatic heterocycles. The number of hydrogen-bond donors (Lipinski definition) is 1. The Labute approximate surface area is 193 Å². The number of nitrogens with zero attached hydrogens (tertiary/aromatic N) is 3. The lowest BCUT2D eigenvalue weighted by atomic mass is 9.75. The molecule has 1 unspecified atom stereocenters.